The minimum absolute atomic E-state index is 0.0112. The number of rotatable bonds is 6. The Balaban J connectivity index is 1.33. The summed E-state index contributed by atoms with van der Waals surface area (Å²) in [4.78, 5) is 17.0. The first-order chi connectivity index (χ1) is 14.6. The maximum atomic E-state index is 12.6. The second-order valence-electron chi connectivity index (χ2n) is 8.08. The molecule has 0 radical (unpaired) electrons. The summed E-state index contributed by atoms with van der Waals surface area (Å²) in [5, 5.41) is 2.96. The fourth-order valence-electron chi connectivity index (χ4n) is 4.65. The smallest absolute Gasteiger partial charge is 0.321 e. The van der Waals surface area contributed by atoms with Gasteiger partial charge in [0.05, 0.1) is 7.11 Å². The van der Waals surface area contributed by atoms with Crippen molar-refractivity contribution in [2.45, 2.75) is 25.2 Å². The predicted molar refractivity (Wildman–Crippen MR) is 119 cm³/mol. The van der Waals surface area contributed by atoms with Gasteiger partial charge in [0, 0.05) is 30.7 Å². The van der Waals surface area contributed by atoms with Gasteiger partial charge in [-0.25, -0.2) is 4.79 Å². The van der Waals surface area contributed by atoms with Crippen LogP contribution in [0.2, 0.25) is 0 Å². The first kappa shape index (κ1) is 20.5. The van der Waals surface area contributed by atoms with Crippen LogP contribution in [-0.2, 0) is 5.41 Å². The number of nitrogens with zero attached hydrogens (tertiary/aromatic N) is 2. The highest BCUT2D eigenvalue weighted by molar-refractivity contribution is 5.95. The standard InChI is InChI=1S/C24H31N3O3/c1-3-25-23(28)27-18-24(21-6-4-5-7-22(21)27)12-14-26(15-13-24)16-17-30-20-10-8-19(29-2)9-11-20/h4-11H,3,12-18H2,1-2H3,(H,25,28). The van der Waals surface area contributed by atoms with E-state index in [1.54, 1.807) is 7.11 Å². The Morgan fingerprint density at radius 1 is 1.07 bits per heavy atom. The number of carbonyl (C=O) groups is 1. The fraction of sp³-hybridized carbons (Fsp3) is 0.458. The van der Waals surface area contributed by atoms with Crippen molar-refractivity contribution >= 4 is 11.7 Å². The third-order valence-corrected chi connectivity index (χ3v) is 6.35. The number of carbonyl (C=O) groups excluding carboxylic acids is 1. The average Bonchev–Trinajstić information content (AvgIpc) is 3.10. The van der Waals surface area contributed by atoms with Gasteiger partial charge in [-0.1, -0.05) is 18.2 Å². The molecule has 2 aromatic carbocycles. The maximum Gasteiger partial charge on any atom is 0.321 e. The number of methoxy groups -OCH3 is 1. The molecule has 1 N–H and O–H groups in total. The number of urea groups is 1. The zero-order valence-electron chi connectivity index (χ0n) is 17.9. The molecule has 2 amide bonds. The molecular weight excluding hydrogens is 378 g/mol. The van der Waals surface area contributed by atoms with Crippen molar-refractivity contribution in [1.29, 1.82) is 0 Å². The first-order valence-electron chi connectivity index (χ1n) is 10.8. The van der Waals surface area contributed by atoms with Crippen LogP contribution >= 0.6 is 0 Å². The lowest BCUT2D eigenvalue weighted by atomic mass is 9.74. The number of amides is 2. The zero-order valence-corrected chi connectivity index (χ0v) is 17.9. The van der Waals surface area contributed by atoms with E-state index in [-0.39, 0.29) is 11.4 Å². The number of fused-ring (bicyclic) bond motifs is 2. The quantitative estimate of drug-likeness (QED) is 0.791. The second-order valence-corrected chi connectivity index (χ2v) is 8.08. The van der Waals surface area contributed by atoms with Crippen LogP contribution in [0.25, 0.3) is 0 Å². The Morgan fingerprint density at radius 3 is 2.47 bits per heavy atom. The van der Waals surface area contributed by atoms with Crippen molar-refractivity contribution in [2.24, 2.45) is 0 Å². The molecule has 2 aliphatic rings. The van der Waals surface area contributed by atoms with Gasteiger partial charge in [-0.15, -0.1) is 0 Å². The van der Waals surface area contributed by atoms with Crippen molar-refractivity contribution in [3.63, 3.8) is 0 Å². The van der Waals surface area contributed by atoms with E-state index in [2.05, 4.69) is 28.4 Å². The molecule has 30 heavy (non-hydrogen) atoms. The molecule has 1 fully saturated rings. The van der Waals surface area contributed by atoms with Gasteiger partial charge in [-0.2, -0.15) is 0 Å². The minimum atomic E-state index is 0.0112. The first-order valence-corrected chi connectivity index (χ1v) is 10.8. The van der Waals surface area contributed by atoms with Gasteiger partial charge in [0.25, 0.3) is 0 Å². The van der Waals surface area contributed by atoms with Crippen molar-refractivity contribution in [3.8, 4) is 11.5 Å². The molecule has 0 unspecified atom stereocenters. The molecule has 0 aromatic heterocycles. The Morgan fingerprint density at radius 2 is 1.77 bits per heavy atom. The molecular formula is C24H31N3O3. The minimum Gasteiger partial charge on any atom is -0.497 e. The number of benzene rings is 2. The van der Waals surface area contributed by atoms with Crippen molar-refractivity contribution in [2.75, 3.05) is 51.3 Å². The van der Waals surface area contributed by atoms with E-state index < -0.39 is 0 Å². The average molecular weight is 410 g/mol. The Kier molecular flexibility index (Phi) is 6.13. The predicted octanol–water partition coefficient (Wildman–Crippen LogP) is 3.66. The lowest BCUT2D eigenvalue weighted by Crippen LogP contribution is -2.48. The SMILES string of the molecule is CCNC(=O)N1CC2(CCN(CCOc3ccc(OC)cc3)CC2)c2ccccc21. The van der Waals surface area contributed by atoms with Gasteiger partial charge in [-0.05, 0) is 68.8 Å². The molecule has 6 heteroatoms. The van der Waals surface area contributed by atoms with E-state index in [1.165, 1.54) is 5.56 Å². The van der Waals surface area contributed by atoms with Crippen molar-refractivity contribution < 1.29 is 14.3 Å². The molecule has 0 atom stereocenters. The van der Waals surface area contributed by atoms with Gasteiger partial charge >= 0.3 is 6.03 Å². The summed E-state index contributed by atoms with van der Waals surface area (Å²) < 4.78 is 11.1. The molecule has 1 spiro atoms. The van der Waals surface area contributed by atoms with Crippen LogP contribution in [-0.4, -0.2) is 57.4 Å². The normalized spacial score (nSPS) is 17.6. The Labute approximate surface area is 178 Å². The molecule has 160 valence electrons. The number of para-hydroxylation sites is 1. The number of likely N-dealkylation sites (tertiary alicyclic amines) is 1. The molecule has 6 nitrogen and oxygen atoms in total. The van der Waals surface area contributed by atoms with E-state index in [1.807, 2.05) is 42.2 Å². The number of nitrogens with one attached hydrogen (secondary N) is 1. The largest absolute Gasteiger partial charge is 0.497 e. The van der Waals surface area contributed by atoms with Crippen LogP contribution in [0.5, 0.6) is 11.5 Å². The summed E-state index contributed by atoms with van der Waals surface area (Å²) in [5.41, 5.74) is 2.46. The van der Waals surface area contributed by atoms with Crippen LogP contribution < -0.4 is 19.7 Å². The van der Waals surface area contributed by atoms with E-state index in [9.17, 15) is 4.79 Å². The molecule has 2 heterocycles. The molecule has 1 saturated heterocycles. The van der Waals surface area contributed by atoms with Crippen molar-refractivity contribution in [1.82, 2.24) is 10.2 Å². The highest BCUT2D eigenvalue weighted by atomic mass is 16.5. The van der Waals surface area contributed by atoms with Crippen LogP contribution in [0.15, 0.2) is 48.5 Å². The number of piperidine rings is 1. The van der Waals surface area contributed by atoms with Gasteiger partial charge in [0.15, 0.2) is 0 Å². The Hall–Kier alpha value is -2.73. The summed E-state index contributed by atoms with van der Waals surface area (Å²) >= 11 is 0. The molecule has 0 saturated carbocycles. The van der Waals surface area contributed by atoms with Crippen LogP contribution in [0.1, 0.15) is 25.3 Å². The molecule has 2 aromatic rings. The van der Waals surface area contributed by atoms with Crippen LogP contribution in [0.3, 0.4) is 0 Å². The van der Waals surface area contributed by atoms with Crippen LogP contribution in [0.4, 0.5) is 10.5 Å². The highest BCUT2D eigenvalue weighted by Crippen LogP contribution is 2.46. The second kappa shape index (κ2) is 8.96. The van der Waals surface area contributed by atoms with E-state index in [0.29, 0.717) is 13.2 Å². The van der Waals surface area contributed by atoms with Gasteiger partial charge < -0.3 is 14.8 Å². The van der Waals surface area contributed by atoms with Crippen molar-refractivity contribution in [3.05, 3.63) is 54.1 Å². The van der Waals surface area contributed by atoms with Gasteiger partial charge in [-0.3, -0.25) is 9.80 Å². The highest BCUT2D eigenvalue weighted by Gasteiger charge is 2.46. The number of ether oxygens (including phenoxy) is 2. The lowest BCUT2D eigenvalue weighted by Gasteiger charge is -2.39. The molecule has 0 bridgehead atoms. The summed E-state index contributed by atoms with van der Waals surface area (Å²) in [6.45, 7) is 6.99. The number of hydrogen-bond acceptors (Lipinski definition) is 4. The third-order valence-electron chi connectivity index (χ3n) is 6.35. The third kappa shape index (κ3) is 4.10. The van der Waals surface area contributed by atoms with Crippen LogP contribution in [0, 0.1) is 0 Å². The van der Waals surface area contributed by atoms with Gasteiger partial charge in [0.2, 0.25) is 0 Å². The fourth-order valence-corrected chi connectivity index (χ4v) is 4.65. The molecule has 0 aliphatic carbocycles. The van der Waals surface area contributed by atoms with E-state index >= 15 is 0 Å². The molecule has 2 aliphatic heterocycles. The lowest BCUT2D eigenvalue weighted by molar-refractivity contribution is 0.142. The summed E-state index contributed by atoms with van der Waals surface area (Å²) in [5.74, 6) is 1.70. The summed E-state index contributed by atoms with van der Waals surface area (Å²) in [7, 11) is 1.66. The summed E-state index contributed by atoms with van der Waals surface area (Å²) in [6, 6.07) is 16.1. The van der Waals surface area contributed by atoms with E-state index in [0.717, 1.165) is 56.2 Å². The monoisotopic (exact) mass is 409 g/mol. The zero-order chi connectivity index (χ0) is 21.0. The topological polar surface area (TPSA) is 54.0 Å². The summed E-state index contributed by atoms with van der Waals surface area (Å²) in [6.07, 6.45) is 2.12. The Bertz CT molecular complexity index is 860. The van der Waals surface area contributed by atoms with E-state index in [4.69, 9.17) is 9.47 Å². The maximum absolute atomic E-state index is 12.6. The number of hydrogen-bond donors (Lipinski definition) is 1. The number of anilines is 1. The van der Waals surface area contributed by atoms with Gasteiger partial charge in [0.1, 0.15) is 18.1 Å². The molecule has 4 rings (SSSR count).